The molecule has 0 atom stereocenters. The van der Waals surface area contributed by atoms with Gasteiger partial charge in [-0.3, -0.25) is 4.79 Å². The number of rotatable bonds is 4. The molecule has 0 aliphatic heterocycles. The molecule has 0 aliphatic carbocycles. The zero-order valence-corrected chi connectivity index (χ0v) is 15.1. The molecule has 1 amide bonds. The van der Waals surface area contributed by atoms with Crippen LogP contribution in [-0.2, 0) is 11.2 Å². The Morgan fingerprint density at radius 3 is 2.69 bits per heavy atom. The van der Waals surface area contributed by atoms with E-state index in [0.29, 0.717) is 12.1 Å². The monoisotopic (exact) mass is 344 g/mol. The Balaban J connectivity index is 2.00. The fraction of sp³-hybridized carbons (Fsp3) is 0.182. The van der Waals surface area contributed by atoms with E-state index in [0.717, 1.165) is 33.4 Å². The van der Waals surface area contributed by atoms with E-state index in [-0.39, 0.29) is 5.57 Å². The Labute approximate surface area is 152 Å². The van der Waals surface area contributed by atoms with Gasteiger partial charge in [0, 0.05) is 23.1 Å². The Bertz CT molecular complexity index is 1050. The molecule has 0 unspecified atom stereocenters. The van der Waals surface area contributed by atoms with Gasteiger partial charge in [-0.2, -0.15) is 5.26 Å². The van der Waals surface area contributed by atoms with Gasteiger partial charge < -0.3 is 9.73 Å². The minimum absolute atomic E-state index is 0.0483. The summed E-state index contributed by atoms with van der Waals surface area (Å²) in [5, 5.41) is 13.3. The van der Waals surface area contributed by atoms with Crippen LogP contribution in [0.5, 0.6) is 0 Å². The SMILES string of the molecule is CCc1oc2ccccc2c1/C=C(\C#N)C(=O)Nc1cccc(C)c1C. The fourth-order valence-electron chi connectivity index (χ4n) is 2.91. The van der Waals surface area contributed by atoms with Crippen molar-refractivity contribution < 1.29 is 9.21 Å². The van der Waals surface area contributed by atoms with E-state index in [4.69, 9.17) is 4.42 Å². The van der Waals surface area contributed by atoms with Gasteiger partial charge in [-0.1, -0.05) is 37.3 Å². The average Bonchev–Trinajstić information content (AvgIpc) is 3.01. The molecule has 1 aromatic heterocycles. The van der Waals surface area contributed by atoms with Crippen molar-refractivity contribution in [1.82, 2.24) is 0 Å². The predicted molar refractivity (Wildman–Crippen MR) is 104 cm³/mol. The fourth-order valence-corrected chi connectivity index (χ4v) is 2.91. The Hall–Kier alpha value is -3.32. The summed E-state index contributed by atoms with van der Waals surface area (Å²) in [6, 6.07) is 15.3. The molecule has 1 heterocycles. The van der Waals surface area contributed by atoms with E-state index >= 15 is 0 Å². The molecular weight excluding hydrogens is 324 g/mol. The topological polar surface area (TPSA) is 66.0 Å². The molecule has 0 fully saturated rings. The summed E-state index contributed by atoms with van der Waals surface area (Å²) in [4.78, 5) is 12.6. The standard InChI is InChI=1S/C22H20N2O2/c1-4-20-18(17-9-5-6-11-21(17)26-20)12-16(13-23)22(25)24-19-10-7-8-14(2)15(19)3/h5-12H,4H2,1-3H3,(H,24,25)/b16-12+. The van der Waals surface area contributed by atoms with Crippen LogP contribution < -0.4 is 5.32 Å². The van der Waals surface area contributed by atoms with Crippen LogP contribution in [0.25, 0.3) is 17.0 Å². The van der Waals surface area contributed by atoms with Crippen molar-refractivity contribution >= 4 is 28.6 Å². The lowest BCUT2D eigenvalue weighted by molar-refractivity contribution is -0.112. The second-order valence-corrected chi connectivity index (χ2v) is 6.16. The first kappa shape index (κ1) is 17.5. The number of para-hydroxylation sites is 1. The van der Waals surface area contributed by atoms with Gasteiger partial charge in [0.05, 0.1) is 0 Å². The lowest BCUT2D eigenvalue weighted by atomic mass is 10.1. The summed E-state index contributed by atoms with van der Waals surface area (Å²) in [7, 11) is 0. The molecule has 4 heteroatoms. The number of fused-ring (bicyclic) bond motifs is 1. The van der Waals surface area contributed by atoms with E-state index < -0.39 is 5.91 Å². The van der Waals surface area contributed by atoms with Crippen LogP contribution in [0.15, 0.2) is 52.5 Å². The van der Waals surface area contributed by atoms with E-state index in [1.54, 1.807) is 6.08 Å². The highest BCUT2D eigenvalue weighted by Crippen LogP contribution is 2.28. The van der Waals surface area contributed by atoms with Crippen LogP contribution in [0.3, 0.4) is 0 Å². The van der Waals surface area contributed by atoms with Gasteiger partial charge >= 0.3 is 0 Å². The molecule has 0 aliphatic rings. The summed E-state index contributed by atoms with van der Waals surface area (Å²) in [6.45, 7) is 5.91. The third-order valence-corrected chi connectivity index (χ3v) is 4.54. The number of hydrogen-bond acceptors (Lipinski definition) is 3. The number of amides is 1. The third kappa shape index (κ3) is 3.25. The van der Waals surface area contributed by atoms with Crippen molar-refractivity contribution in [1.29, 1.82) is 5.26 Å². The number of benzene rings is 2. The Morgan fingerprint density at radius 1 is 1.19 bits per heavy atom. The summed E-state index contributed by atoms with van der Waals surface area (Å²) in [6.07, 6.45) is 2.29. The third-order valence-electron chi connectivity index (χ3n) is 4.54. The van der Waals surface area contributed by atoms with E-state index in [2.05, 4.69) is 5.32 Å². The Kier molecular flexibility index (Phi) is 4.90. The zero-order valence-electron chi connectivity index (χ0n) is 15.1. The van der Waals surface area contributed by atoms with Crippen molar-refractivity contribution in [2.75, 3.05) is 5.32 Å². The number of furan rings is 1. The van der Waals surface area contributed by atoms with Gasteiger partial charge in [0.1, 0.15) is 23.0 Å². The van der Waals surface area contributed by atoms with Gasteiger partial charge in [-0.15, -0.1) is 0 Å². The number of aryl methyl sites for hydroxylation is 2. The van der Waals surface area contributed by atoms with Crippen molar-refractivity contribution in [3.8, 4) is 6.07 Å². The van der Waals surface area contributed by atoms with E-state index in [1.165, 1.54) is 0 Å². The summed E-state index contributed by atoms with van der Waals surface area (Å²) >= 11 is 0. The van der Waals surface area contributed by atoms with Crippen LogP contribution in [0.1, 0.15) is 29.4 Å². The largest absolute Gasteiger partial charge is 0.460 e. The zero-order chi connectivity index (χ0) is 18.7. The van der Waals surface area contributed by atoms with Crippen LogP contribution in [0.4, 0.5) is 5.69 Å². The molecule has 3 rings (SSSR count). The number of nitriles is 1. The first-order chi connectivity index (χ1) is 12.5. The minimum atomic E-state index is -0.423. The molecule has 26 heavy (non-hydrogen) atoms. The molecule has 0 spiro atoms. The summed E-state index contributed by atoms with van der Waals surface area (Å²) in [5.41, 5.74) is 4.37. The molecule has 4 nitrogen and oxygen atoms in total. The lowest BCUT2D eigenvalue weighted by Crippen LogP contribution is -2.14. The highest BCUT2D eigenvalue weighted by molar-refractivity contribution is 6.11. The van der Waals surface area contributed by atoms with Gasteiger partial charge in [0.15, 0.2) is 0 Å². The maximum Gasteiger partial charge on any atom is 0.266 e. The van der Waals surface area contributed by atoms with Crippen molar-refractivity contribution in [2.24, 2.45) is 0 Å². The second-order valence-electron chi connectivity index (χ2n) is 6.16. The molecule has 130 valence electrons. The normalized spacial score (nSPS) is 11.4. The van der Waals surface area contributed by atoms with Gasteiger partial charge in [-0.05, 0) is 43.2 Å². The lowest BCUT2D eigenvalue weighted by Gasteiger charge is -2.09. The van der Waals surface area contributed by atoms with E-state index in [9.17, 15) is 10.1 Å². The number of carbonyl (C=O) groups is 1. The molecule has 1 N–H and O–H groups in total. The number of hydrogen-bond donors (Lipinski definition) is 1. The van der Waals surface area contributed by atoms with Crippen LogP contribution >= 0.6 is 0 Å². The number of nitrogens with one attached hydrogen (secondary N) is 1. The molecule has 0 saturated carbocycles. The molecule has 0 bridgehead atoms. The smallest absolute Gasteiger partial charge is 0.266 e. The van der Waals surface area contributed by atoms with Gasteiger partial charge in [0.2, 0.25) is 0 Å². The van der Waals surface area contributed by atoms with Crippen molar-refractivity contribution in [3.63, 3.8) is 0 Å². The van der Waals surface area contributed by atoms with Crippen LogP contribution in [-0.4, -0.2) is 5.91 Å². The highest BCUT2D eigenvalue weighted by Gasteiger charge is 2.16. The van der Waals surface area contributed by atoms with Crippen LogP contribution in [0.2, 0.25) is 0 Å². The van der Waals surface area contributed by atoms with E-state index in [1.807, 2.05) is 69.3 Å². The predicted octanol–water partition coefficient (Wildman–Crippen LogP) is 5.16. The molecule has 2 aromatic carbocycles. The van der Waals surface area contributed by atoms with Gasteiger partial charge in [-0.25, -0.2) is 0 Å². The first-order valence-electron chi connectivity index (χ1n) is 8.55. The second kappa shape index (κ2) is 7.28. The summed E-state index contributed by atoms with van der Waals surface area (Å²) < 4.78 is 5.84. The number of nitrogens with zero attached hydrogens (tertiary/aromatic N) is 1. The van der Waals surface area contributed by atoms with Crippen molar-refractivity contribution in [2.45, 2.75) is 27.2 Å². The van der Waals surface area contributed by atoms with Crippen LogP contribution in [0, 0.1) is 25.2 Å². The first-order valence-corrected chi connectivity index (χ1v) is 8.55. The molecular formula is C22H20N2O2. The molecule has 3 aromatic rings. The maximum absolute atomic E-state index is 12.6. The van der Waals surface area contributed by atoms with Crippen molar-refractivity contribution in [3.05, 3.63) is 70.5 Å². The maximum atomic E-state index is 12.6. The summed E-state index contributed by atoms with van der Waals surface area (Å²) in [5.74, 6) is 0.340. The number of carbonyl (C=O) groups excluding carboxylic acids is 1. The molecule has 0 saturated heterocycles. The average molecular weight is 344 g/mol. The Morgan fingerprint density at radius 2 is 1.96 bits per heavy atom. The highest BCUT2D eigenvalue weighted by atomic mass is 16.3. The number of anilines is 1. The molecule has 0 radical (unpaired) electrons. The van der Waals surface area contributed by atoms with Gasteiger partial charge in [0.25, 0.3) is 5.91 Å². The quantitative estimate of drug-likeness (QED) is 0.525. The minimum Gasteiger partial charge on any atom is -0.460 e.